The van der Waals surface area contributed by atoms with Crippen molar-refractivity contribution in [3.63, 3.8) is 0 Å². The molecule has 0 spiro atoms. The van der Waals surface area contributed by atoms with Gasteiger partial charge in [-0.05, 0) is 0 Å². The van der Waals surface area contributed by atoms with E-state index in [0.717, 1.165) is 0 Å². The van der Waals surface area contributed by atoms with Crippen LogP contribution in [0.25, 0.3) is 0 Å². The molecule has 13 heteroatoms. The van der Waals surface area contributed by atoms with Crippen LogP contribution in [0, 0.1) is 0 Å². The number of hydrogen-bond acceptors (Lipinski definition) is 10. The minimum atomic E-state index is -2.60. The summed E-state index contributed by atoms with van der Waals surface area (Å²) >= 11 is -2.60. The molecule has 161 valence electrons. The topological polar surface area (TPSA) is 161 Å². The number of rotatable bonds is 9. The quantitative estimate of drug-likeness (QED) is 0.320. The Bertz CT molecular complexity index is 776. The van der Waals surface area contributed by atoms with E-state index in [-0.39, 0.29) is 25.7 Å². The molecular formula is C16H18CoN2O10. The third-order valence-corrected chi connectivity index (χ3v) is 5.98. The molecule has 2 saturated heterocycles. The summed E-state index contributed by atoms with van der Waals surface area (Å²) < 4.78 is 17.5. The molecule has 1 unspecified atom stereocenters. The fraction of sp³-hybridized carbons (Fsp3) is 0.562. The molecule has 4 amide bonds. The van der Waals surface area contributed by atoms with E-state index in [9.17, 15) is 37.4 Å². The van der Waals surface area contributed by atoms with Crippen LogP contribution in [0.3, 0.4) is 0 Å². The summed E-state index contributed by atoms with van der Waals surface area (Å²) in [5.74, 6) is -5.27. The van der Waals surface area contributed by atoms with Crippen molar-refractivity contribution in [2.75, 3.05) is 6.61 Å². The van der Waals surface area contributed by atoms with Crippen LogP contribution < -0.4 is 0 Å². The SMILES string of the molecule is C[CH](C(=O)COC(=O)CCC(=O)ON1C(=O)CCC1=O)[Co](=[O])[N]1C(=O)CCC1=O. The number of Topliss-reactive ketones (excluding diaryl/α,β-unsaturated/α-hetero) is 1. The van der Waals surface area contributed by atoms with Gasteiger partial charge in [0.1, 0.15) is 0 Å². The molecule has 2 fully saturated rings. The van der Waals surface area contributed by atoms with Gasteiger partial charge in [-0.3, -0.25) is 0 Å². The Morgan fingerprint density at radius 1 is 0.897 bits per heavy atom. The molecule has 0 bridgehead atoms. The number of esters is 1. The maximum atomic E-state index is 12.2. The van der Waals surface area contributed by atoms with Gasteiger partial charge < -0.3 is 0 Å². The monoisotopic (exact) mass is 457 g/mol. The van der Waals surface area contributed by atoms with Gasteiger partial charge in [0, 0.05) is 0 Å². The maximum absolute atomic E-state index is 12.2. The first-order chi connectivity index (χ1) is 13.6. The second kappa shape index (κ2) is 9.60. The Balaban J connectivity index is 1.73. The summed E-state index contributed by atoms with van der Waals surface area (Å²) in [6.45, 7) is 0.489. The number of hydrogen-bond donors (Lipinski definition) is 0. The second-order valence-electron chi connectivity index (χ2n) is 6.02. The van der Waals surface area contributed by atoms with Crippen LogP contribution in [0.4, 0.5) is 0 Å². The van der Waals surface area contributed by atoms with E-state index in [0.29, 0.717) is 9.01 Å². The fourth-order valence-electron chi connectivity index (χ4n) is 2.27. The van der Waals surface area contributed by atoms with Crippen molar-refractivity contribution in [2.45, 2.75) is 50.3 Å². The standard InChI is InChI=1S/C12H14NO7.C4H5NO2.Co.O/c1-2-8(14)7-19-11(17)5-6-12(18)20-13-9(15)3-4-10(13)16;6-3-1-2-4(7)5-3;;/h2H,3-7H2,1H3;1-2H2,(H,5,6,7);;/q;;+1;/p-1. The number of ketones is 1. The van der Waals surface area contributed by atoms with Crippen LogP contribution in [0.15, 0.2) is 0 Å². The van der Waals surface area contributed by atoms with Crippen molar-refractivity contribution in [1.82, 2.24) is 9.01 Å². The van der Waals surface area contributed by atoms with Crippen LogP contribution in [-0.2, 0) is 60.8 Å². The zero-order valence-corrected chi connectivity index (χ0v) is 16.4. The third-order valence-electron chi connectivity index (χ3n) is 3.90. The predicted octanol–water partition coefficient (Wildman–Crippen LogP) is -0.678. The number of amides is 4. The number of ether oxygens (including phenoxy) is 1. The summed E-state index contributed by atoms with van der Waals surface area (Å²) in [5, 5.41) is 0.344. The molecule has 0 aliphatic carbocycles. The first kappa shape index (κ1) is 22.5. The summed E-state index contributed by atoms with van der Waals surface area (Å²) in [6, 6.07) is 0. The van der Waals surface area contributed by atoms with E-state index < -0.39 is 79.5 Å². The van der Waals surface area contributed by atoms with Crippen LogP contribution in [0.2, 0.25) is 4.85 Å². The molecule has 0 radical (unpaired) electrons. The van der Waals surface area contributed by atoms with Crippen molar-refractivity contribution < 1.29 is 60.8 Å². The predicted molar refractivity (Wildman–Crippen MR) is 83.6 cm³/mol. The molecule has 0 saturated carbocycles. The van der Waals surface area contributed by atoms with Gasteiger partial charge in [-0.25, -0.2) is 0 Å². The summed E-state index contributed by atoms with van der Waals surface area (Å²) in [5.41, 5.74) is 0. The van der Waals surface area contributed by atoms with E-state index in [4.69, 9.17) is 4.74 Å². The Hall–Kier alpha value is -2.80. The second-order valence-corrected chi connectivity index (χ2v) is 8.09. The molecule has 2 aliphatic heterocycles. The van der Waals surface area contributed by atoms with Crippen LogP contribution in [0.1, 0.15) is 45.4 Å². The van der Waals surface area contributed by atoms with E-state index in [2.05, 4.69) is 4.84 Å². The van der Waals surface area contributed by atoms with Crippen molar-refractivity contribution in [1.29, 1.82) is 0 Å². The number of carbonyl (C=O) groups excluding carboxylic acids is 7. The molecular weight excluding hydrogens is 439 g/mol. The fourth-order valence-corrected chi connectivity index (χ4v) is 3.79. The number of nitrogens with zero attached hydrogens (tertiary/aromatic N) is 2. The first-order valence-electron chi connectivity index (χ1n) is 8.52. The van der Waals surface area contributed by atoms with E-state index in [1.54, 1.807) is 0 Å². The van der Waals surface area contributed by atoms with Crippen molar-refractivity contribution in [2.24, 2.45) is 0 Å². The van der Waals surface area contributed by atoms with Crippen LogP contribution in [0.5, 0.6) is 0 Å². The van der Waals surface area contributed by atoms with E-state index in [1.165, 1.54) is 6.92 Å². The summed E-state index contributed by atoms with van der Waals surface area (Å²) in [7, 11) is 0. The molecule has 2 heterocycles. The van der Waals surface area contributed by atoms with Gasteiger partial charge in [-0.15, -0.1) is 0 Å². The normalized spacial score (nSPS) is 18.2. The molecule has 0 N–H and O–H groups in total. The number of imide groups is 2. The van der Waals surface area contributed by atoms with Crippen LogP contribution in [-0.4, -0.2) is 57.0 Å². The van der Waals surface area contributed by atoms with Crippen molar-refractivity contribution in [3.05, 3.63) is 0 Å². The Labute approximate surface area is 168 Å². The van der Waals surface area contributed by atoms with Crippen molar-refractivity contribution >= 4 is 41.4 Å². The average Bonchev–Trinajstić information content (AvgIpc) is 3.18. The molecule has 29 heavy (non-hydrogen) atoms. The van der Waals surface area contributed by atoms with E-state index >= 15 is 0 Å². The van der Waals surface area contributed by atoms with Gasteiger partial charge in [-0.1, -0.05) is 0 Å². The average molecular weight is 457 g/mol. The molecule has 12 nitrogen and oxygen atoms in total. The van der Waals surface area contributed by atoms with Gasteiger partial charge in [0.15, 0.2) is 0 Å². The molecule has 2 aliphatic rings. The van der Waals surface area contributed by atoms with Crippen molar-refractivity contribution in [3.8, 4) is 0 Å². The van der Waals surface area contributed by atoms with Gasteiger partial charge in [0.25, 0.3) is 0 Å². The Morgan fingerprint density at radius 2 is 1.38 bits per heavy atom. The zero-order valence-electron chi connectivity index (χ0n) is 15.3. The molecule has 1 atom stereocenters. The van der Waals surface area contributed by atoms with E-state index in [1.807, 2.05) is 0 Å². The first-order valence-corrected chi connectivity index (χ1v) is 10.0. The molecule has 0 aromatic rings. The molecule has 0 aromatic carbocycles. The Kier molecular flexibility index (Phi) is 7.44. The molecule has 0 aromatic heterocycles. The van der Waals surface area contributed by atoms with Crippen LogP contribution >= 0.6 is 0 Å². The number of carbonyl (C=O) groups is 7. The Morgan fingerprint density at radius 3 is 1.93 bits per heavy atom. The van der Waals surface area contributed by atoms with Gasteiger partial charge in [0.05, 0.1) is 0 Å². The summed E-state index contributed by atoms with van der Waals surface area (Å²) in [6.07, 6.45) is -1.24. The summed E-state index contributed by atoms with van der Waals surface area (Å²) in [4.78, 5) is 84.4. The zero-order chi connectivity index (χ0) is 21.7. The van der Waals surface area contributed by atoms with Gasteiger partial charge in [0.2, 0.25) is 0 Å². The molecule has 2 rings (SSSR count). The number of hydroxylamine groups is 2. The third kappa shape index (κ3) is 5.60. The van der Waals surface area contributed by atoms with Gasteiger partial charge in [-0.2, -0.15) is 0 Å². The van der Waals surface area contributed by atoms with Gasteiger partial charge >= 0.3 is 168 Å². The minimum absolute atomic E-state index is 0.0642.